The topological polar surface area (TPSA) is 49.9 Å². The molecule has 0 spiro atoms. The average molecular weight is 228 g/mol. The fourth-order valence-corrected chi connectivity index (χ4v) is 1.89. The van der Waals surface area contributed by atoms with Crippen molar-refractivity contribution in [2.75, 3.05) is 40.8 Å². The third-order valence-corrected chi connectivity index (χ3v) is 2.78. The van der Waals surface area contributed by atoms with E-state index in [4.69, 9.17) is 0 Å². The zero-order valence-corrected chi connectivity index (χ0v) is 10.2. The largest absolute Gasteiger partial charge is 0.469 e. The summed E-state index contributed by atoms with van der Waals surface area (Å²) in [6, 6.07) is 0. The Balaban J connectivity index is 2.34. The second-order valence-corrected chi connectivity index (χ2v) is 4.42. The molecule has 1 heterocycles. The predicted octanol–water partition coefficient (Wildman–Crippen LogP) is -0.0404. The van der Waals surface area contributed by atoms with Gasteiger partial charge in [0.15, 0.2) is 0 Å². The van der Waals surface area contributed by atoms with Crippen LogP contribution in [0.3, 0.4) is 0 Å². The van der Waals surface area contributed by atoms with Crippen LogP contribution in [0.2, 0.25) is 0 Å². The highest BCUT2D eigenvalue weighted by molar-refractivity contribution is 5.86. The molecule has 0 aromatic carbocycles. The molecule has 0 aliphatic carbocycles. The van der Waals surface area contributed by atoms with Crippen molar-refractivity contribution in [3.8, 4) is 0 Å². The number of esters is 1. The van der Waals surface area contributed by atoms with E-state index in [2.05, 4.69) is 9.64 Å². The van der Waals surface area contributed by atoms with E-state index in [9.17, 15) is 9.59 Å². The number of amides is 1. The standard InChI is InChI=1S/C11H20N2O3/c1-12(2)5-4-6-13-8-9(7-10(13)14)11(15)16-3/h9H,4-8H2,1-3H3. The molecule has 16 heavy (non-hydrogen) atoms. The Morgan fingerprint density at radius 3 is 2.81 bits per heavy atom. The van der Waals surface area contributed by atoms with Gasteiger partial charge in [0.25, 0.3) is 0 Å². The number of carbonyl (C=O) groups is 2. The Morgan fingerprint density at radius 1 is 1.56 bits per heavy atom. The smallest absolute Gasteiger partial charge is 0.310 e. The quantitative estimate of drug-likeness (QED) is 0.620. The lowest BCUT2D eigenvalue weighted by Crippen LogP contribution is -2.29. The van der Waals surface area contributed by atoms with Crippen molar-refractivity contribution in [1.82, 2.24) is 9.80 Å². The molecule has 1 unspecified atom stereocenters. The van der Waals surface area contributed by atoms with Crippen molar-refractivity contribution in [3.05, 3.63) is 0 Å². The van der Waals surface area contributed by atoms with E-state index in [0.29, 0.717) is 13.0 Å². The molecule has 1 saturated heterocycles. The molecule has 1 aliphatic heterocycles. The molecule has 1 amide bonds. The van der Waals surface area contributed by atoms with E-state index < -0.39 is 0 Å². The Bertz CT molecular complexity index is 266. The maximum absolute atomic E-state index is 11.6. The lowest BCUT2D eigenvalue weighted by Gasteiger charge is -2.17. The predicted molar refractivity (Wildman–Crippen MR) is 59.9 cm³/mol. The van der Waals surface area contributed by atoms with Crippen LogP contribution in [0, 0.1) is 5.92 Å². The number of hydrogen-bond acceptors (Lipinski definition) is 4. The van der Waals surface area contributed by atoms with Gasteiger partial charge in [-0.25, -0.2) is 0 Å². The summed E-state index contributed by atoms with van der Waals surface area (Å²) in [4.78, 5) is 26.7. The highest BCUT2D eigenvalue weighted by atomic mass is 16.5. The Labute approximate surface area is 96.3 Å². The third-order valence-electron chi connectivity index (χ3n) is 2.78. The number of rotatable bonds is 5. The van der Waals surface area contributed by atoms with E-state index in [1.165, 1.54) is 7.11 Å². The van der Waals surface area contributed by atoms with Gasteiger partial charge < -0.3 is 14.5 Å². The van der Waals surface area contributed by atoms with Crippen LogP contribution in [0.1, 0.15) is 12.8 Å². The van der Waals surface area contributed by atoms with Gasteiger partial charge >= 0.3 is 5.97 Å². The lowest BCUT2D eigenvalue weighted by atomic mass is 10.1. The highest BCUT2D eigenvalue weighted by Gasteiger charge is 2.34. The molecular formula is C11H20N2O3. The monoisotopic (exact) mass is 228 g/mol. The lowest BCUT2D eigenvalue weighted by molar-refractivity contribution is -0.145. The first-order valence-corrected chi connectivity index (χ1v) is 5.55. The summed E-state index contributed by atoms with van der Waals surface area (Å²) in [6.07, 6.45) is 1.24. The molecule has 1 aliphatic rings. The molecular weight excluding hydrogens is 208 g/mol. The number of likely N-dealkylation sites (tertiary alicyclic amines) is 1. The minimum absolute atomic E-state index is 0.0640. The summed E-state index contributed by atoms with van der Waals surface area (Å²) in [7, 11) is 5.37. The van der Waals surface area contributed by atoms with Crippen LogP contribution in [0.25, 0.3) is 0 Å². The summed E-state index contributed by atoms with van der Waals surface area (Å²) < 4.78 is 4.65. The molecule has 92 valence electrons. The molecule has 0 radical (unpaired) electrons. The van der Waals surface area contributed by atoms with Crippen molar-refractivity contribution >= 4 is 11.9 Å². The van der Waals surface area contributed by atoms with Gasteiger partial charge in [0, 0.05) is 19.5 Å². The first-order valence-electron chi connectivity index (χ1n) is 5.55. The molecule has 5 heteroatoms. The van der Waals surface area contributed by atoms with Gasteiger partial charge in [-0.05, 0) is 27.1 Å². The van der Waals surface area contributed by atoms with Gasteiger partial charge in [-0.3, -0.25) is 9.59 Å². The van der Waals surface area contributed by atoms with Gasteiger partial charge in [0.1, 0.15) is 0 Å². The molecule has 0 aromatic rings. The fraction of sp³-hybridized carbons (Fsp3) is 0.818. The van der Waals surface area contributed by atoms with Gasteiger partial charge in [0.2, 0.25) is 5.91 Å². The zero-order valence-electron chi connectivity index (χ0n) is 10.2. The second kappa shape index (κ2) is 5.84. The van der Waals surface area contributed by atoms with E-state index in [-0.39, 0.29) is 17.8 Å². The molecule has 0 saturated carbocycles. The molecule has 1 atom stereocenters. The fourth-order valence-electron chi connectivity index (χ4n) is 1.89. The number of nitrogens with zero attached hydrogens (tertiary/aromatic N) is 2. The Morgan fingerprint density at radius 2 is 2.25 bits per heavy atom. The van der Waals surface area contributed by atoms with Gasteiger partial charge in [-0.1, -0.05) is 0 Å². The van der Waals surface area contributed by atoms with Crippen LogP contribution in [-0.2, 0) is 14.3 Å². The molecule has 0 N–H and O–H groups in total. The van der Waals surface area contributed by atoms with Gasteiger partial charge in [0.05, 0.1) is 13.0 Å². The van der Waals surface area contributed by atoms with Gasteiger partial charge in [-0.2, -0.15) is 0 Å². The van der Waals surface area contributed by atoms with Crippen LogP contribution in [0.5, 0.6) is 0 Å². The number of carbonyl (C=O) groups excluding carboxylic acids is 2. The average Bonchev–Trinajstić information content (AvgIpc) is 2.59. The maximum atomic E-state index is 11.6. The molecule has 5 nitrogen and oxygen atoms in total. The summed E-state index contributed by atoms with van der Waals surface area (Å²) in [6.45, 7) is 2.19. The minimum Gasteiger partial charge on any atom is -0.469 e. The minimum atomic E-state index is -0.275. The maximum Gasteiger partial charge on any atom is 0.310 e. The van der Waals surface area contributed by atoms with Crippen LogP contribution in [-0.4, -0.2) is 62.5 Å². The van der Waals surface area contributed by atoms with Crippen molar-refractivity contribution in [3.63, 3.8) is 0 Å². The van der Waals surface area contributed by atoms with E-state index in [0.717, 1.165) is 19.5 Å². The zero-order chi connectivity index (χ0) is 12.1. The Hall–Kier alpha value is -1.10. The number of hydrogen-bond donors (Lipinski definition) is 0. The van der Waals surface area contributed by atoms with Crippen molar-refractivity contribution < 1.29 is 14.3 Å². The van der Waals surface area contributed by atoms with Crippen molar-refractivity contribution in [2.45, 2.75) is 12.8 Å². The van der Waals surface area contributed by atoms with Crippen molar-refractivity contribution in [1.29, 1.82) is 0 Å². The highest BCUT2D eigenvalue weighted by Crippen LogP contribution is 2.18. The summed E-state index contributed by atoms with van der Waals surface area (Å²) in [5.41, 5.74) is 0. The summed E-state index contributed by atoms with van der Waals surface area (Å²) in [5, 5.41) is 0. The van der Waals surface area contributed by atoms with Crippen LogP contribution < -0.4 is 0 Å². The van der Waals surface area contributed by atoms with E-state index >= 15 is 0 Å². The van der Waals surface area contributed by atoms with E-state index in [1.807, 2.05) is 14.1 Å². The van der Waals surface area contributed by atoms with Crippen LogP contribution in [0.4, 0.5) is 0 Å². The van der Waals surface area contributed by atoms with Crippen molar-refractivity contribution in [2.24, 2.45) is 5.92 Å². The summed E-state index contributed by atoms with van der Waals surface area (Å²) >= 11 is 0. The molecule has 0 bridgehead atoms. The van der Waals surface area contributed by atoms with Crippen LogP contribution in [0.15, 0.2) is 0 Å². The normalized spacial score (nSPS) is 20.6. The Kier molecular flexibility index (Phi) is 4.73. The second-order valence-electron chi connectivity index (χ2n) is 4.42. The molecule has 1 fully saturated rings. The SMILES string of the molecule is COC(=O)C1CC(=O)N(CCCN(C)C)C1. The molecule has 1 rings (SSSR count). The third kappa shape index (κ3) is 3.48. The first-order chi connectivity index (χ1) is 7.54. The number of methoxy groups -OCH3 is 1. The first kappa shape index (κ1) is 13.0. The van der Waals surface area contributed by atoms with E-state index in [1.54, 1.807) is 4.90 Å². The van der Waals surface area contributed by atoms with Crippen LogP contribution >= 0.6 is 0 Å². The van der Waals surface area contributed by atoms with Gasteiger partial charge in [-0.15, -0.1) is 0 Å². The molecule has 0 aromatic heterocycles. The summed E-state index contributed by atoms with van der Waals surface area (Å²) in [5.74, 6) is -0.477. The number of ether oxygens (including phenoxy) is 1.